The first-order valence-electron chi connectivity index (χ1n) is 5.36. The predicted molar refractivity (Wildman–Crippen MR) is 82.4 cm³/mol. The predicted octanol–water partition coefficient (Wildman–Crippen LogP) is 3.11. The molecular formula is C10H22OS4. The highest BCUT2D eigenvalue weighted by Crippen LogP contribution is 2.04. The highest BCUT2D eigenvalue weighted by Gasteiger charge is 1.92. The molecule has 0 saturated heterocycles. The van der Waals surface area contributed by atoms with Crippen molar-refractivity contribution in [1.29, 1.82) is 0 Å². The van der Waals surface area contributed by atoms with Crippen molar-refractivity contribution in [3.8, 4) is 0 Å². The number of hydrogen-bond donors (Lipinski definition) is 2. The van der Waals surface area contributed by atoms with Gasteiger partial charge >= 0.3 is 0 Å². The SMILES string of the molecule is SCCCSCCOCCSCCCS. The van der Waals surface area contributed by atoms with Crippen LogP contribution in [0.3, 0.4) is 0 Å². The van der Waals surface area contributed by atoms with Crippen LogP contribution in [-0.4, -0.2) is 47.7 Å². The van der Waals surface area contributed by atoms with Crippen molar-refractivity contribution in [3.63, 3.8) is 0 Å². The molecule has 0 aromatic heterocycles. The molecular weight excluding hydrogens is 264 g/mol. The number of thioether (sulfide) groups is 2. The van der Waals surface area contributed by atoms with Gasteiger partial charge in [-0.25, -0.2) is 0 Å². The molecule has 0 aliphatic carbocycles. The van der Waals surface area contributed by atoms with Crippen LogP contribution < -0.4 is 0 Å². The molecule has 5 heteroatoms. The van der Waals surface area contributed by atoms with Gasteiger partial charge in [-0.2, -0.15) is 48.8 Å². The van der Waals surface area contributed by atoms with Crippen molar-refractivity contribution in [2.24, 2.45) is 0 Å². The third-order valence-electron chi connectivity index (χ3n) is 1.64. The largest absolute Gasteiger partial charge is 0.380 e. The van der Waals surface area contributed by atoms with Gasteiger partial charge in [-0.05, 0) is 35.9 Å². The zero-order valence-corrected chi connectivity index (χ0v) is 12.6. The summed E-state index contributed by atoms with van der Waals surface area (Å²) in [6.07, 6.45) is 2.40. The monoisotopic (exact) mass is 286 g/mol. The molecule has 0 aromatic carbocycles. The quantitative estimate of drug-likeness (QED) is 0.422. The summed E-state index contributed by atoms with van der Waals surface area (Å²) in [6.45, 7) is 1.79. The molecule has 0 unspecified atom stereocenters. The first kappa shape index (κ1) is 16.4. The molecule has 0 aromatic rings. The van der Waals surface area contributed by atoms with Gasteiger partial charge in [0.25, 0.3) is 0 Å². The molecule has 0 amide bonds. The Labute approximate surface area is 114 Å². The van der Waals surface area contributed by atoms with E-state index >= 15 is 0 Å². The first-order chi connectivity index (χ1) is 7.41. The van der Waals surface area contributed by atoms with Gasteiger partial charge in [-0.3, -0.25) is 0 Å². The summed E-state index contributed by atoms with van der Waals surface area (Å²) in [7, 11) is 0. The second kappa shape index (κ2) is 15.4. The molecule has 0 bridgehead atoms. The molecule has 0 rings (SSSR count). The fraction of sp³-hybridized carbons (Fsp3) is 1.00. The minimum Gasteiger partial charge on any atom is -0.380 e. The highest BCUT2D eigenvalue weighted by atomic mass is 32.2. The summed E-state index contributed by atoms with van der Waals surface area (Å²) in [6, 6.07) is 0. The maximum Gasteiger partial charge on any atom is 0.0557 e. The van der Waals surface area contributed by atoms with Gasteiger partial charge in [0.1, 0.15) is 0 Å². The summed E-state index contributed by atoms with van der Waals surface area (Å²) in [5, 5.41) is 0. The van der Waals surface area contributed by atoms with Crippen molar-refractivity contribution < 1.29 is 4.74 Å². The van der Waals surface area contributed by atoms with Gasteiger partial charge in [0.2, 0.25) is 0 Å². The van der Waals surface area contributed by atoms with Crippen LogP contribution in [0.15, 0.2) is 0 Å². The molecule has 0 fully saturated rings. The summed E-state index contributed by atoms with van der Waals surface area (Å²) in [4.78, 5) is 0. The van der Waals surface area contributed by atoms with E-state index in [-0.39, 0.29) is 0 Å². The van der Waals surface area contributed by atoms with E-state index in [1.807, 2.05) is 23.5 Å². The van der Waals surface area contributed by atoms with Crippen LogP contribution in [0.4, 0.5) is 0 Å². The second-order valence-corrected chi connectivity index (χ2v) is 6.34. The lowest BCUT2D eigenvalue weighted by Gasteiger charge is -2.03. The van der Waals surface area contributed by atoms with E-state index in [1.54, 1.807) is 0 Å². The van der Waals surface area contributed by atoms with Crippen molar-refractivity contribution >= 4 is 48.8 Å². The number of rotatable bonds is 12. The topological polar surface area (TPSA) is 9.23 Å². The third-order valence-corrected chi connectivity index (χ3v) is 4.34. The van der Waals surface area contributed by atoms with Crippen molar-refractivity contribution in [2.45, 2.75) is 12.8 Å². The van der Waals surface area contributed by atoms with Crippen LogP contribution in [0.1, 0.15) is 12.8 Å². The Morgan fingerprint density at radius 1 is 0.733 bits per heavy atom. The van der Waals surface area contributed by atoms with E-state index in [2.05, 4.69) is 25.3 Å². The Bertz CT molecular complexity index is 102. The van der Waals surface area contributed by atoms with E-state index < -0.39 is 0 Å². The van der Waals surface area contributed by atoms with Gasteiger partial charge in [0.15, 0.2) is 0 Å². The van der Waals surface area contributed by atoms with Gasteiger partial charge < -0.3 is 4.74 Å². The average molecular weight is 287 g/mol. The molecule has 0 atom stereocenters. The van der Waals surface area contributed by atoms with Gasteiger partial charge in [-0.15, -0.1) is 0 Å². The van der Waals surface area contributed by atoms with Crippen LogP contribution in [-0.2, 0) is 4.74 Å². The van der Waals surface area contributed by atoms with Crippen molar-refractivity contribution in [1.82, 2.24) is 0 Å². The lowest BCUT2D eigenvalue weighted by molar-refractivity contribution is 0.167. The maximum absolute atomic E-state index is 5.51. The highest BCUT2D eigenvalue weighted by molar-refractivity contribution is 7.99. The van der Waals surface area contributed by atoms with Gasteiger partial charge in [-0.1, -0.05) is 0 Å². The standard InChI is InChI=1S/C10H22OS4/c12-5-1-7-14-9-3-11-4-10-15-8-2-6-13/h12-13H,1-10H2. The maximum atomic E-state index is 5.51. The molecule has 92 valence electrons. The fourth-order valence-electron chi connectivity index (χ4n) is 0.875. The molecule has 0 saturated carbocycles. The van der Waals surface area contributed by atoms with Gasteiger partial charge in [0.05, 0.1) is 13.2 Å². The third kappa shape index (κ3) is 15.4. The van der Waals surface area contributed by atoms with Crippen LogP contribution >= 0.6 is 48.8 Å². The Hall–Kier alpha value is 1.36. The summed E-state index contributed by atoms with van der Waals surface area (Å²) in [5.41, 5.74) is 0. The zero-order chi connectivity index (χ0) is 11.2. The smallest absolute Gasteiger partial charge is 0.0557 e. The lowest BCUT2D eigenvalue weighted by atomic mass is 10.6. The number of hydrogen-bond acceptors (Lipinski definition) is 5. The fourth-order valence-corrected chi connectivity index (χ4v) is 3.20. The van der Waals surface area contributed by atoms with Crippen molar-refractivity contribution in [3.05, 3.63) is 0 Å². The summed E-state index contributed by atoms with van der Waals surface area (Å²) >= 11 is 12.3. The molecule has 0 spiro atoms. The molecule has 15 heavy (non-hydrogen) atoms. The minimum atomic E-state index is 0.893. The molecule has 0 heterocycles. The van der Waals surface area contributed by atoms with Crippen LogP contribution in [0, 0.1) is 0 Å². The minimum absolute atomic E-state index is 0.893. The lowest BCUT2D eigenvalue weighted by Crippen LogP contribution is -2.02. The molecule has 1 nitrogen and oxygen atoms in total. The first-order valence-corrected chi connectivity index (χ1v) is 8.94. The van der Waals surface area contributed by atoms with Crippen LogP contribution in [0.5, 0.6) is 0 Å². The van der Waals surface area contributed by atoms with Crippen molar-refractivity contribution in [2.75, 3.05) is 47.7 Å². The van der Waals surface area contributed by atoms with E-state index in [0.717, 1.165) is 36.2 Å². The molecule has 0 N–H and O–H groups in total. The number of thiol groups is 2. The molecule has 0 aliphatic rings. The van der Waals surface area contributed by atoms with Gasteiger partial charge in [0, 0.05) is 11.5 Å². The average Bonchev–Trinajstić information content (AvgIpc) is 2.26. The number of ether oxygens (including phenoxy) is 1. The Morgan fingerprint density at radius 3 is 1.60 bits per heavy atom. The normalized spacial score (nSPS) is 10.8. The summed E-state index contributed by atoms with van der Waals surface area (Å²) in [5.74, 6) is 6.66. The second-order valence-electron chi connectivity index (χ2n) is 2.99. The van der Waals surface area contributed by atoms with E-state index in [9.17, 15) is 0 Å². The van der Waals surface area contributed by atoms with Crippen LogP contribution in [0.25, 0.3) is 0 Å². The van der Waals surface area contributed by atoms with E-state index in [1.165, 1.54) is 24.3 Å². The Morgan fingerprint density at radius 2 is 1.20 bits per heavy atom. The Balaban J connectivity index is 2.81. The van der Waals surface area contributed by atoms with E-state index in [4.69, 9.17) is 4.74 Å². The van der Waals surface area contributed by atoms with Crippen LogP contribution in [0.2, 0.25) is 0 Å². The molecule has 0 radical (unpaired) electrons. The Kier molecular flexibility index (Phi) is 16.8. The zero-order valence-electron chi connectivity index (χ0n) is 9.19. The van der Waals surface area contributed by atoms with E-state index in [0.29, 0.717) is 0 Å². The molecule has 0 aliphatic heterocycles. The summed E-state index contributed by atoms with van der Waals surface area (Å²) < 4.78 is 5.51.